The molecule has 0 bridgehead atoms. The van der Waals surface area contributed by atoms with Gasteiger partial charge in [-0.05, 0) is 13.8 Å². The van der Waals surface area contributed by atoms with Gasteiger partial charge in [0.2, 0.25) is 5.95 Å². The number of aryl methyl sites for hydroxylation is 1. The number of aromatic nitrogens is 2. The number of hydrogen-bond acceptors (Lipinski definition) is 3. The largest absolute Gasteiger partial charge is 0.317 e. The molecule has 0 saturated heterocycles. The van der Waals surface area contributed by atoms with Crippen molar-refractivity contribution in [2.45, 2.75) is 20.3 Å². The third-order valence-corrected chi connectivity index (χ3v) is 2.13. The molecule has 0 saturated carbocycles. The van der Waals surface area contributed by atoms with Crippen LogP contribution in [0.3, 0.4) is 0 Å². The summed E-state index contributed by atoms with van der Waals surface area (Å²) >= 11 is 0. The van der Waals surface area contributed by atoms with Gasteiger partial charge in [0.1, 0.15) is 0 Å². The monoisotopic (exact) mass is 230 g/mol. The normalized spacial score (nSPS) is 12.8. The highest BCUT2D eigenvalue weighted by molar-refractivity contribution is 5.17. The molecular weight excluding hydrogens is 212 g/mol. The first-order valence-electron chi connectivity index (χ1n) is 5.49. The number of imidazole rings is 1. The van der Waals surface area contributed by atoms with Crippen LogP contribution in [-0.2, 0) is 7.05 Å². The second-order valence-corrected chi connectivity index (χ2v) is 3.77. The van der Waals surface area contributed by atoms with Crippen molar-refractivity contribution in [3.63, 3.8) is 0 Å². The molecule has 0 aromatic carbocycles. The van der Waals surface area contributed by atoms with E-state index in [4.69, 9.17) is 0 Å². The standard InChI is InChI=1S/C13H18N4/c1-5-12(8-6-7-11(2)3)15-16-13-14-9-10-17(13)4/h5-7,9-10H,2,8H2,1,3-4H3/b7-6-,12-5+,16-15?. The van der Waals surface area contributed by atoms with Crippen LogP contribution in [0.25, 0.3) is 0 Å². The van der Waals surface area contributed by atoms with Gasteiger partial charge in [-0.2, -0.15) is 5.11 Å². The summed E-state index contributed by atoms with van der Waals surface area (Å²) in [5, 5.41) is 8.25. The van der Waals surface area contributed by atoms with E-state index in [0.717, 1.165) is 17.7 Å². The Balaban J connectivity index is 2.62. The van der Waals surface area contributed by atoms with Gasteiger partial charge in [-0.25, -0.2) is 4.98 Å². The van der Waals surface area contributed by atoms with Gasteiger partial charge in [0.05, 0.1) is 5.70 Å². The molecular formula is C13H18N4. The first-order valence-corrected chi connectivity index (χ1v) is 5.49. The van der Waals surface area contributed by atoms with Gasteiger partial charge in [0.25, 0.3) is 0 Å². The van der Waals surface area contributed by atoms with Crippen molar-refractivity contribution in [3.8, 4) is 0 Å². The number of azo groups is 1. The van der Waals surface area contributed by atoms with Crippen LogP contribution in [0, 0.1) is 0 Å². The minimum absolute atomic E-state index is 0.605. The average Bonchev–Trinajstić information content (AvgIpc) is 2.68. The molecule has 1 rings (SSSR count). The van der Waals surface area contributed by atoms with Crippen molar-refractivity contribution in [3.05, 3.63) is 48.5 Å². The second-order valence-electron chi connectivity index (χ2n) is 3.77. The smallest absolute Gasteiger partial charge is 0.249 e. The summed E-state index contributed by atoms with van der Waals surface area (Å²) in [6.45, 7) is 7.71. The maximum absolute atomic E-state index is 4.16. The molecule has 0 aliphatic carbocycles. The zero-order valence-corrected chi connectivity index (χ0v) is 10.6. The minimum atomic E-state index is 0.605. The molecule has 0 unspecified atom stereocenters. The molecule has 90 valence electrons. The summed E-state index contributed by atoms with van der Waals surface area (Å²) in [5.41, 5.74) is 1.94. The van der Waals surface area contributed by atoms with Gasteiger partial charge in [-0.1, -0.05) is 30.4 Å². The number of rotatable bonds is 5. The lowest BCUT2D eigenvalue weighted by atomic mass is 10.2. The van der Waals surface area contributed by atoms with E-state index < -0.39 is 0 Å². The Morgan fingerprint density at radius 2 is 2.35 bits per heavy atom. The fraction of sp³-hybridized carbons (Fsp3) is 0.308. The molecule has 0 spiro atoms. The number of nitrogens with zero attached hydrogens (tertiary/aromatic N) is 4. The lowest BCUT2D eigenvalue weighted by molar-refractivity contribution is 0.882. The van der Waals surface area contributed by atoms with Gasteiger partial charge >= 0.3 is 0 Å². The van der Waals surface area contributed by atoms with E-state index in [-0.39, 0.29) is 0 Å². The van der Waals surface area contributed by atoms with Crippen molar-refractivity contribution >= 4 is 5.95 Å². The van der Waals surface area contributed by atoms with E-state index in [0.29, 0.717) is 5.95 Å². The molecule has 0 N–H and O–H groups in total. The predicted octanol–water partition coefficient (Wildman–Crippen LogP) is 3.93. The molecule has 1 aromatic rings. The van der Waals surface area contributed by atoms with E-state index in [1.54, 1.807) is 6.20 Å². The molecule has 0 aliphatic heterocycles. The minimum Gasteiger partial charge on any atom is -0.317 e. The van der Waals surface area contributed by atoms with E-state index >= 15 is 0 Å². The van der Waals surface area contributed by atoms with Crippen LogP contribution in [0.4, 0.5) is 5.95 Å². The first kappa shape index (κ1) is 13.1. The van der Waals surface area contributed by atoms with Crippen LogP contribution in [0.15, 0.2) is 58.7 Å². The Labute approximate surface area is 102 Å². The van der Waals surface area contributed by atoms with E-state index in [1.807, 2.05) is 49.9 Å². The van der Waals surface area contributed by atoms with Crippen molar-refractivity contribution in [2.24, 2.45) is 17.3 Å². The van der Waals surface area contributed by atoms with Gasteiger partial charge < -0.3 is 4.57 Å². The Morgan fingerprint density at radius 3 is 2.88 bits per heavy atom. The van der Waals surface area contributed by atoms with Gasteiger partial charge in [-0.3, -0.25) is 0 Å². The summed E-state index contributed by atoms with van der Waals surface area (Å²) < 4.78 is 1.82. The van der Waals surface area contributed by atoms with E-state index in [9.17, 15) is 0 Å². The molecule has 1 heterocycles. The van der Waals surface area contributed by atoms with Crippen molar-refractivity contribution in [1.29, 1.82) is 0 Å². The van der Waals surface area contributed by atoms with Crippen LogP contribution in [0.5, 0.6) is 0 Å². The maximum Gasteiger partial charge on any atom is 0.249 e. The maximum atomic E-state index is 4.16. The van der Waals surface area contributed by atoms with Gasteiger partial charge in [0.15, 0.2) is 0 Å². The fourth-order valence-corrected chi connectivity index (χ4v) is 1.16. The van der Waals surface area contributed by atoms with E-state index in [2.05, 4.69) is 21.8 Å². The molecule has 4 nitrogen and oxygen atoms in total. The molecule has 0 aliphatic rings. The topological polar surface area (TPSA) is 42.5 Å². The first-order chi connectivity index (χ1) is 8.13. The average molecular weight is 230 g/mol. The lowest BCUT2D eigenvalue weighted by Crippen LogP contribution is -1.83. The van der Waals surface area contributed by atoms with Crippen LogP contribution in [0.1, 0.15) is 20.3 Å². The SMILES string of the molecule is C=C(C)/C=C\C/C(=C\C)N=Nc1nccn1C. The molecule has 0 atom stereocenters. The Kier molecular flexibility index (Phi) is 5.07. The van der Waals surface area contributed by atoms with Crippen LogP contribution in [-0.4, -0.2) is 9.55 Å². The fourth-order valence-electron chi connectivity index (χ4n) is 1.16. The highest BCUT2D eigenvalue weighted by atomic mass is 15.2. The Hall–Kier alpha value is -1.97. The summed E-state index contributed by atoms with van der Waals surface area (Å²) in [4.78, 5) is 4.07. The molecule has 0 radical (unpaired) electrons. The Morgan fingerprint density at radius 1 is 1.59 bits per heavy atom. The second kappa shape index (κ2) is 6.58. The highest BCUT2D eigenvalue weighted by Gasteiger charge is 1.96. The van der Waals surface area contributed by atoms with Crippen molar-refractivity contribution < 1.29 is 0 Å². The zero-order valence-electron chi connectivity index (χ0n) is 10.6. The third-order valence-electron chi connectivity index (χ3n) is 2.13. The molecule has 17 heavy (non-hydrogen) atoms. The summed E-state index contributed by atoms with van der Waals surface area (Å²) in [7, 11) is 1.89. The van der Waals surface area contributed by atoms with Crippen LogP contribution < -0.4 is 0 Å². The van der Waals surface area contributed by atoms with Crippen molar-refractivity contribution in [2.75, 3.05) is 0 Å². The summed E-state index contributed by atoms with van der Waals surface area (Å²) in [5.74, 6) is 0.605. The molecule has 1 aromatic heterocycles. The summed E-state index contributed by atoms with van der Waals surface area (Å²) in [6, 6.07) is 0. The molecule has 4 heteroatoms. The zero-order chi connectivity index (χ0) is 12.7. The highest BCUT2D eigenvalue weighted by Crippen LogP contribution is 2.12. The van der Waals surface area contributed by atoms with Gasteiger partial charge in [-0.15, -0.1) is 5.11 Å². The number of hydrogen-bond donors (Lipinski definition) is 0. The summed E-state index contributed by atoms with van der Waals surface area (Å²) in [6.07, 6.45) is 10.2. The van der Waals surface area contributed by atoms with Crippen LogP contribution in [0.2, 0.25) is 0 Å². The quantitative estimate of drug-likeness (QED) is 0.558. The lowest BCUT2D eigenvalue weighted by Gasteiger charge is -1.95. The van der Waals surface area contributed by atoms with Gasteiger partial charge in [0, 0.05) is 25.9 Å². The van der Waals surface area contributed by atoms with Crippen LogP contribution >= 0.6 is 0 Å². The molecule has 0 amide bonds. The third kappa shape index (κ3) is 4.59. The van der Waals surface area contributed by atoms with E-state index in [1.165, 1.54) is 0 Å². The molecule has 0 fully saturated rings. The Bertz CT molecular complexity index is 464. The predicted molar refractivity (Wildman–Crippen MR) is 70.1 cm³/mol. The number of allylic oxidation sites excluding steroid dienone is 4. The van der Waals surface area contributed by atoms with Crippen molar-refractivity contribution in [1.82, 2.24) is 9.55 Å².